The smallest absolute Gasteiger partial charge is 0.343 e. The maximum Gasteiger partial charge on any atom is 0.343 e. The molecule has 0 aliphatic rings. The number of ether oxygens (including phenoxy) is 2. The Hall–Kier alpha value is -3.67. The van der Waals surface area contributed by atoms with E-state index in [4.69, 9.17) is 9.47 Å². The van der Waals surface area contributed by atoms with Gasteiger partial charge in [0.25, 0.3) is 0 Å². The first-order chi connectivity index (χ1) is 20.1. The van der Waals surface area contributed by atoms with Gasteiger partial charge in [-0.2, -0.15) is 5.10 Å². The standard InChI is InChI=1S/C35H46N2O4/c1-3-4-5-6-7-8-9-10-11-12-13-14-15-20-34(38)37-36-27-32-31-19-17-16-18-28(31)23-26-33(32)41-35(39)29-21-24-30(40-2)25-22-29/h16-19,21-27H,3-15,20H2,1-2H3,(H,37,38). The molecule has 41 heavy (non-hydrogen) atoms. The topological polar surface area (TPSA) is 77.0 Å². The average molecular weight is 559 g/mol. The highest BCUT2D eigenvalue weighted by Crippen LogP contribution is 2.27. The second kappa shape index (κ2) is 18.6. The normalized spacial score (nSPS) is 11.2. The van der Waals surface area contributed by atoms with E-state index in [1.165, 1.54) is 70.6 Å². The Balaban J connectivity index is 1.42. The Bertz CT molecular complexity index is 1240. The summed E-state index contributed by atoms with van der Waals surface area (Å²) in [5.41, 5.74) is 3.68. The van der Waals surface area contributed by atoms with Crippen LogP contribution in [-0.2, 0) is 4.79 Å². The van der Waals surface area contributed by atoms with Crippen molar-refractivity contribution in [2.24, 2.45) is 5.10 Å². The third-order valence-corrected chi connectivity index (χ3v) is 7.35. The zero-order chi connectivity index (χ0) is 29.1. The van der Waals surface area contributed by atoms with Crippen LogP contribution in [0.25, 0.3) is 10.8 Å². The van der Waals surface area contributed by atoms with E-state index >= 15 is 0 Å². The number of fused-ring (bicyclic) bond motifs is 1. The molecule has 0 heterocycles. The summed E-state index contributed by atoms with van der Waals surface area (Å²) in [7, 11) is 1.58. The minimum absolute atomic E-state index is 0.110. The fraction of sp³-hybridized carbons (Fsp3) is 0.457. The summed E-state index contributed by atoms with van der Waals surface area (Å²) in [5.74, 6) is 0.444. The molecule has 3 aromatic carbocycles. The summed E-state index contributed by atoms with van der Waals surface area (Å²) < 4.78 is 10.9. The van der Waals surface area contributed by atoms with Crippen LogP contribution in [0.3, 0.4) is 0 Å². The van der Waals surface area contributed by atoms with Gasteiger partial charge in [0.05, 0.1) is 18.9 Å². The van der Waals surface area contributed by atoms with Crippen LogP contribution in [0.2, 0.25) is 0 Å². The van der Waals surface area contributed by atoms with E-state index in [1.54, 1.807) is 43.7 Å². The number of hydrogen-bond donors (Lipinski definition) is 1. The van der Waals surface area contributed by atoms with Crippen LogP contribution in [0.4, 0.5) is 0 Å². The number of carbonyl (C=O) groups is 2. The Labute approximate surface area is 245 Å². The number of nitrogens with zero attached hydrogens (tertiary/aromatic N) is 1. The largest absolute Gasteiger partial charge is 0.497 e. The van der Waals surface area contributed by atoms with Gasteiger partial charge in [-0.05, 0) is 47.5 Å². The molecule has 6 nitrogen and oxygen atoms in total. The van der Waals surface area contributed by atoms with Crippen LogP contribution in [-0.4, -0.2) is 25.2 Å². The molecular weight excluding hydrogens is 512 g/mol. The molecule has 0 radical (unpaired) electrons. The predicted octanol–water partition coefficient (Wildman–Crippen LogP) is 9.00. The van der Waals surface area contributed by atoms with Crippen LogP contribution >= 0.6 is 0 Å². The van der Waals surface area contributed by atoms with E-state index < -0.39 is 5.97 Å². The Morgan fingerprint density at radius 1 is 0.756 bits per heavy atom. The number of unbranched alkanes of at least 4 members (excludes halogenated alkanes) is 12. The minimum atomic E-state index is -0.482. The van der Waals surface area contributed by atoms with Crippen LogP contribution in [0.5, 0.6) is 11.5 Å². The highest BCUT2D eigenvalue weighted by molar-refractivity contribution is 6.04. The van der Waals surface area contributed by atoms with Crippen molar-refractivity contribution in [3.8, 4) is 11.5 Å². The van der Waals surface area contributed by atoms with Gasteiger partial charge in [-0.25, -0.2) is 10.2 Å². The van der Waals surface area contributed by atoms with Crippen molar-refractivity contribution < 1.29 is 19.1 Å². The number of methoxy groups -OCH3 is 1. The fourth-order valence-electron chi connectivity index (χ4n) is 4.91. The molecule has 0 unspecified atom stereocenters. The molecule has 0 fully saturated rings. The summed E-state index contributed by atoms with van der Waals surface area (Å²) in [6.45, 7) is 2.26. The van der Waals surface area contributed by atoms with E-state index in [-0.39, 0.29) is 5.91 Å². The van der Waals surface area contributed by atoms with Crippen molar-refractivity contribution in [3.63, 3.8) is 0 Å². The number of nitrogens with one attached hydrogen (secondary N) is 1. The molecule has 3 aromatic rings. The lowest BCUT2D eigenvalue weighted by Gasteiger charge is -2.11. The van der Waals surface area contributed by atoms with Gasteiger partial charge in [-0.15, -0.1) is 0 Å². The van der Waals surface area contributed by atoms with Crippen LogP contribution in [0, 0.1) is 0 Å². The fourth-order valence-corrected chi connectivity index (χ4v) is 4.91. The van der Waals surface area contributed by atoms with Gasteiger partial charge in [0.1, 0.15) is 11.5 Å². The molecule has 0 aromatic heterocycles. The van der Waals surface area contributed by atoms with Gasteiger partial charge in [0.2, 0.25) is 5.91 Å². The molecule has 1 N–H and O–H groups in total. The summed E-state index contributed by atoms with van der Waals surface area (Å²) in [6, 6.07) is 18.2. The molecule has 0 bridgehead atoms. The monoisotopic (exact) mass is 558 g/mol. The first kappa shape index (κ1) is 31.9. The zero-order valence-electron chi connectivity index (χ0n) is 24.8. The molecule has 220 valence electrons. The second-order valence-electron chi connectivity index (χ2n) is 10.6. The van der Waals surface area contributed by atoms with Gasteiger partial charge in [-0.3, -0.25) is 4.79 Å². The Kier molecular flexibility index (Phi) is 14.5. The third kappa shape index (κ3) is 11.4. The molecule has 3 rings (SSSR count). The lowest BCUT2D eigenvalue weighted by molar-refractivity contribution is -0.121. The summed E-state index contributed by atoms with van der Waals surface area (Å²) >= 11 is 0. The van der Waals surface area contributed by atoms with Crippen molar-refractivity contribution in [2.45, 2.75) is 96.8 Å². The molecule has 0 spiro atoms. The maximum atomic E-state index is 12.8. The summed E-state index contributed by atoms with van der Waals surface area (Å²) in [4.78, 5) is 25.2. The zero-order valence-corrected chi connectivity index (χ0v) is 24.8. The Morgan fingerprint density at radius 3 is 2.00 bits per heavy atom. The number of amides is 1. The quantitative estimate of drug-likeness (QED) is 0.0523. The second-order valence-corrected chi connectivity index (χ2v) is 10.6. The summed E-state index contributed by atoms with van der Waals surface area (Å²) in [6.07, 6.45) is 18.5. The van der Waals surface area contributed by atoms with E-state index in [9.17, 15) is 9.59 Å². The van der Waals surface area contributed by atoms with Gasteiger partial charge < -0.3 is 9.47 Å². The lowest BCUT2D eigenvalue weighted by Crippen LogP contribution is -2.17. The van der Waals surface area contributed by atoms with Crippen molar-refractivity contribution in [3.05, 3.63) is 71.8 Å². The molecule has 0 saturated carbocycles. The van der Waals surface area contributed by atoms with Crippen LogP contribution in [0.15, 0.2) is 65.8 Å². The SMILES string of the molecule is CCCCCCCCCCCCCCCC(=O)NN=Cc1c(OC(=O)c2ccc(OC)cc2)ccc2ccccc12. The molecule has 1 amide bonds. The van der Waals surface area contributed by atoms with Gasteiger partial charge in [0.15, 0.2) is 0 Å². The van der Waals surface area contributed by atoms with Crippen molar-refractivity contribution >= 4 is 28.9 Å². The van der Waals surface area contributed by atoms with Gasteiger partial charge >= 0.3 is 5.97 Å². The van der Waals surface area contributed by atoms with Crippen LogP contribution < -0.4 is 14.9 Å². The lowest BCUT2D eigenvalue weighted by atomic mass is 10.0. The highest BCUT2D eigenvalue weighted by atomic mass is 16.5. The van der Waals surface area contributed by atoms with Crippen molar-refractivity contribution in [1.29, 1.82) is 0 Å². The molecule has 0 aliphatic carbocycles. The number of hydrazone groups is 1. The number of carbonyl (C=O) groups excluding carboxylic acids is 2. The Morgan fingerprint density at radius 2 is 1.37 bits per heavy atom. The van der Waals surface area contributed by atoms with Gasteiger partial charge in [-0.1, -0.05) is 114 Å². The van der Waals surface area contributed by atoms with E-state index in [0.717, 1.165) is 23.6 Å². The number of esters is 1. The van der Waals surface area contributed by atoms with E-state index in [0.29, 0.717) is 29.0 Å². The van der Waals surface area contributed by atoms with E-state index in [2.05, 4.69) is 17.5 Å². The average Bonchev–Trinajstić information content (AvgIpc) is 3.00. The van der Waals surface area contributed by atoms with Gasteiger partial charge in [0, 0.05) is 12.0 Å². The molecule has 0 saturated heterocycles. The predicted molar refractivity (Wildman–Crippen MR) is 168 cm³/mol. The first-order valence-electron chi connectivity index (χ1n) is 15.3. The number of hydrogen-bond acceptors (Lipinski definition) is 5. The van der Waals surface area contributed by atoms with Crippen molar-refractivity contribution in [2.75, 3.05) is 7.11 Å². The molecule has 0 atom stereocenters. The highest BCUT2D eigenvalue weighted by Gasteiger charge is 2.14. The van der Waals surface area contributed by atoms with Crippen LogP contribution in [0.1, 0.15) is 113 Å². The number of rotatable bonds is 19. The summed E-state index contributed by atoms with van der Waals surface area (Å²) in [5, 5.41) is 6.06. The minimum Gasteiger partial charge on any atom is -0.497 e. The van der Waals surface area contributed by atoms with E-state index in [1.807, 2.05) is 30.3 Å². The molecule has 6 heteroatoms. The maximum absolute atomic E-state index is 12.8. The third-order valence-electron chi connectivity index (χ3n) is 7.35. The molecule has 0 aliphatic heterocycles. The van der Waals surface area contributed by atoms with Crippen molar-refractivity contribution in [1.82, 2.24) is 5.43 Å². The molecular formula is C35H46N2O4. The first-order valence-corrected chi connectivity index (χ1v) is 15.3. The number of benzene rings is 3.